The number of aryl methyl sites for hydroxylation is 1. The van der Waals surface area contributed by atoms with Crippen LogP contribution < -0.4 is 10.5 Å². The molecule has 100 valence electrons. The molecule has 0 radical (unpaired) electrons. The molecule has 0 bridgehead atoms. The summed E-state index contributed by atoms with van der Waals surface area (Å²) in [6.07, 6.45) is -0.907. The summed E-state index contributed by atoms with van der Waals surface area (Å²) in [5.41, 5.74) is 5.96. The maximum absolute atomic E-state index is 12.5. The summed E-state index contributed by atoms with van der Waals surface area (Å²) in [7, 11) is 1.38. The Kier molecular flexibility index (Phi) is 3.27. The average Bonchev–Trinajstić information content (AvgIpc) is 3.04. The predicted octanol–water partition coefficient (Wildman–Crippen LogP) is 3.14. The van der Waals surface area contributed by atoms with E-state index in [-0.39, 0.29) is 11.3 Å². The van der Waals surface area contributed by atoms with E-state index in [0.717, 1.165) is 37.0 Å². The first-order valence-electron chi connectivity index (χ1n) is 5.87. The number of nitrogens with two attached hydrogens (primary N) is 1. The van der Waals surface area contributed by atoms with Gasteiger partial charge < -0.3 is 10.5 Å². The third-order valence-electron chi connectivity index (χ3n) is 3.40. The Morgan fingerprint density at radius 3 is 2.50 bits per heavy atom. The molecule has 2 nitrogen and oxygen atoms in total. The van der Waals surface area contributed by atoms with Crippen LogP contribution in [0, 0.1) is 0 Å². The quantitative estimate of drug-likeness (QED) is 0.901. The summed E-state index contributed by atoms with van der Waals surface area (Å²) in [5.74, 6) is 0.286. The molecule has 0 spiro atoms. The lowest BCUT2D eigenvalue weighted by Gasteiger charge is -2.14. The van der Waals surface area contributed by atoms with Gasteiger partial charge in [-0.25, -0.2) is 0 Å². The van der Waals surface area contributed by atoms with Crippen LogP contribution in [0.2, 0.25) is 0 Å². The number of ether oxygens (including phenoxy) is 1. The van der Waals surface area contributed by atoms with Gasteiger partial charge in [-0.1, -0.05) is 6.07 Å². The second-order valence-electron chi connectivity index (χ2n) is 4.89. The average molecular weight is 259 g/mol. The minimum Gasteiger partial charge on any atom is -0.496 e. The van der Waals surface area contributed by atoms with Gasteiger partial charge in [0.15, 0.2) is 0 Å². The molecule has 2 N–H and O–H groups in total. The minimum absolute atomic E-state index is 0.103. The van der Waals surface area contributed by atoms with Gasteiger partial charge in [-0.15, -0.1) is 0 Å². The molecular formula is C13H16F3NO. The molecule has 18 heavy (non-hydrogen) atoms. The Labute approximate surface area is 104 Å². The van der Waals surface area contributed by atoms with Crippen LogP contribution in [0.3, 0.4) is 0 Å². The topological polar surface area (TPSA) is 35.2 Å². The number of benzene rings is 1. The Balaban J connectivity index is 2.15. The fourth-order valence-corrected chi connectivity index (χ4v) is 1.92. The van der Waals surface area contributed by atoms with Crippen molar-refractivity contribution < 1.29 is 17.9 Å². The number of rotatable bonds is 4. The van der Waals surface area contributed by atoms with E-state index in [4.69, 9.17) is 10.5 Å². The molecule has 0 saturated heterocycles. The summed E-state index contributed by atoms with van der Waals surface area (Å²) >= 11 is 0. The lowest BCUT2D eigenvalue weighted by atomic mass is 10.0. The number of halogens is 3. The summed E-state index contributed by atoms with van der Waals surface area (Å²) < 4.78 is 42.7. The maximum atomic E-state index is 12.5. The van der Waals surface area contributed by atoms with Crippen LogP contribution in [0.5, 0.6) is 5.75 Å². The number of methoxy groups -OCH3 is 1. The minimum atomic E-state index is -4.34. The lowest BCUT2D eigenvalue weighted by molar-refractivity contribution is -0.137. The van der Waals surface area contributed by atoms with Gasteiger partial charge in [0.25, 0.3) is 0 Å². The van der Waals surface area contributed by atoms with Gasteiger partial charge in [-0.3, -0.25) is 0 Å². The van der Waals surface area contributed by atoms with E-state index in [0.29, 0.717) is 6.42 Å². The molecule has 0 heterocycles. The van der Waals surface area contributed by atoms with Crippen molar-refractivity contribution in [3.8, 4) is 5.75 Å². The van der Waals surface area contributed by atoms with E-state index in [2.05, 4.69) is 0 Å². The highest BCUT2D eigenvalue weighted by Crippen LogP contribution is 2.38. The number of hydrogen-bond acceptors (Lipinski definition) is 2. The molecule has 0 amide bonds. The van der Waals surface area contributed by atoms with E-state index in [1.807, 2.05) is 0 Å². The Bertz CT molecular complexity index is 438. The van der Waals surface area contributed by atoms with E-state index in [9.17, 15) is 13.2 Å². The molecule has 5 heteroatoms. The second kappa shape index (κ2) is 4.46. The predicted molar refractivity (Wildman–Crippen MR) is 62.5 cm³/mol. The van der Waals surface area contributed by atoms with Crippen LogP contribution in [-0.2, 0) is 12.6 Å². The number of hydrogen-bond donors (Lipinski definition) is 1. The molecular weight excluding hydrogens is 243 g/mol. The Morgan fingerprint density at radius 1 is 1.33 bits per heavy atom. The van der Waals surface area contributed by atoms with Gasteiger partial charge in [-0.2, -0.15) is 13.2 Å². The van der Waals surface area contributed by atoms with Gasteiger partial charge in [0.2, 0.25) is 0 Å². The number of alkyl halides is 3. The first kappa shape index (κ1) is 13.2. The molecule has 1 aromatic rings. The van der Waals surface area contributed by atoms with Gasteiger partial charge in [0.1, 0.15) is 5.75 Å². The van der Waals surface area contributed by atoms with Gasteiger partial charge in [0, 0.05) is 5.54 Å². The standard InChI is InChI=1S/C13H16F3NO/c1-18-11-8-10(13(14,15)16)3-2-9(11)4-5-12(17)6-7-12/h2-3,8H,4-7,17H2,1H3. The molecule has 0 aliphatic heterocycles. The third-order valence-corrected chi connectivity index (χ3v) is 3.40. The highest BCUT2D eigenvalue weighted by Gasteiger charge is 2.37. The Hall–Kier alpha value is -1.23. The van der Waals surface area contributed by atoms with Crippen LogP contribution in [0.15, 0.2) is 18.2 Å². The molecule has 1 aromatic carbocycles. The van der Waals surface area contributed by atoms with E-state index in [1.165, 1.54) is 13.2 Å². The fraction of sp³-hybridized carbons (Fsp3) is 0.538. The van der Waals surface area contributed by atoms with E-state index in [1.54, 1.807) is 0 Å². The van der Waals surface area contributed by atoms with Crippen molar-refractivity contribution in [2.24, 2.45) is 5.73 Å². The highest BCUT2D eigenvalue weighted by molar-refractivity contribution is 5.39. The highest BCUT2D eigenvalue weighted by atomic mass is 19.4. The smallest absolute Gasteiger partial charge is 0.416 e. The molecule has 1 fully saturated rings. The zero-order valence-corrected chi connectivity index (χ0v) is 10.2. The summed E-state index contributed by atoms with van der Waals surface area (Å²) in [5, 5.41) is 0. The molecule has 2 rings (SSSR count). The molecule has 1 saturated carbocycles. The van der Waals surface area contributed by atoms with Crippen LogP contribution in [-0.4, -0.2) is 12.6 Å². The fourth-order valence-electron chi connectivity index (χ4n) is 1.92. The molecule has 1 aliphatic carbocycles. The molecule has 0 atom stereocenters. The maximum Gasteiger partial charge on any atom is 0.416 e. The monoisotopic (exact) mass is 259 g/mol. The zero-order valence-electron chi connectivity index (χ0n) is 10.2. The van der Waals surface area contributed by atoms with Crippen molar-refractivity contribution in [2.45, 2.75) is 37.4 Å². The Morgan fingerprint density at radius 2 is 2.00 bits per heavy atom. The van der Waals surface area contributed by atoms with Crippen LogP contribution >= 0.6 is 0 Å². The van der Waals surface area contributed by atoms with Crippen molar-refractivity contribution in [3.05, 3.63) is 29.3 Å². The first-order valence-corrected chi connectivity index (χ1v) is 5.87. The van der Waals surface area contributed by atoms with Crippen molar-refractivity contribution in [2.75, 3.05) is 7.11 Å². The normalized spacial score (nSPS) is 17.6. The SMILES string of the molecule is COc1cc(C(F)(F)F)ccc1CCC1(N)CC1. The molecule has 1 aliphatic rings. The van der Waals surface area contributed by atoms with Crippen molar-refractivity contribution in [1.29, 1.82) is 0 Å². The molecule has 0 aromatic heterocycles. The first-order chi connectivity index (χ1) is 8.34. The van der Waals surface area contributed by atoms with Crippen molar-refractivity contribution in [3.63, 3.8) is 0 Å². The second-order valence-corrected chi connectivity index (χ2v) is 4.89. The van der Waals surface area contributed by atoms with Gasteiger partial charge in [0.05, 0.1) is 12.7 Å². The van der Waals surface area contributed by atoms with Gasteiger partial charge >= 0.3 is 6.18 Å². The van der Waals surface area contributed by atoms with Crippen LogP contribution in [0.25, 0.3) is 0 Å². The third kappa shape index (κ3) is 2.96. The zero-order chi connectivity index (χ0) is 13.4. The summed E-state index contributed by atoms with van der Waals surface area (Å²) in [6, 6.07) is 3.62. The van der Waals surface area contributed by atoms with Crippen LogP contribution in [0.1, 0.15) is 30.4 Å². The van der Waals surface area contributed by atoms with Gasteiger partial charge in [-0.05, 0) is 43.4 Å². The largest absolute Gasteiger partial charge is 0.496 e. The summed E-state index contributed by atoms with van der Waals surface area (Å²) in [4.78, 5) is 0. The van der Waals surface area contributed by atoms with E-state index < -0.39 is 11.7 Å². The summed E-state index contributed by atoms with van der Waals surface area (Å²) in [6.45, 7) is 0. The van der Waals surface area contributed by atoms with E-state index >= 15 is 0 Å². The lowest BCUT2D eigenvalue weighted by Crippen LogP contribution is -2.22. The van der Waals surface area contributed by atoms with Crippen molar-refractivity contribution in [1.82, 2.24) is 0 Å². The van der Waals surface area contributed by atoms with Crippen molar-refractivity contribution >= 4 is 0 Å². The molecule has 0 unspecified atom stereocenters. The van der Waals surface area contributed by atoms with Crippen LogP contribution in [0.4, 0.5) is 13.2 Å².